The van der Waals surface area contributed by atoms with Crippen molar-refractivity contribution in [2.24, 2.45) is 0 Å². The van der Waals surface area contributed by atoms with Gasteiger partial charge in [-0.05, 0) is 48.9 Å². The van der Waals surface area contributed by atoms with Gasteiger partial charge < -0.3 is 23.9 Å². The molecule has 9 heteroatoms. The summed E-state index contributed by atoms with van der Waals surface area (Å²) >= 11 is 0. The Bertz CT molecular complexity index is 1110. The lowest BCUT2D eigenvalue weighted by atomic mass is 10.2. The van der Waals surface area contributed by atoms with E-state index in [0.29, 0.717) is 35.4 Å². The zero-order valence-corrected chi connectivity index (χ0v) is 18.0. The van der Waals surface area contributed by atoms with E-state index < -0.39 is 10.8 Å². The van der Waals surface area contributed by atoms with Crippen molar-refractivity contribution in [2.75, 3.05) is 19.7 Å². The maximum atomic E-state index is 12.5. The second kappa shape index (κ2) is 9.22. The summed E-state index contributed by atoms with van der Waals surface area (Å²) in [6.07, 6.45) is 0. The van der Waals surface area contributed by atoms with Crippen molar-refractivity contribution in [3.63, 3.8) is 0 Å². The molecule has 0 bridgehead atoms. The first-order valence-electron chi connectivity index (χ1n) is 9.63. The number of carbonyl (C=O) groups is 1. The van der Waals surface area contributed by atoms with Crippen LogP contribution in [0.3, 0.4) is 0 Å². The van der Waals surface area contributed by atoms with Crippen LogP contribution in [0, 0.1) is 6.92 Å². The van der Waals surface area contributed by atoms with Crippen LogP contribution in [0.2, 0.25) is 0 Å². The molecule has 0 fully saturated rings. The van der Waals surface area contributed by atoms with E-state index >= 15 is 0 Å². The second-order valence-electron chi connectivity index (χ2n) is 6.94. The number of rotatable bonds is 8. The Labute approximate surface area is 182 Å². The van der Waals surface area contributed by atoms with E-state index in [2.05, 4.69) is 10.3 Å². The maximum Gasteiger partial charge on any atom is 0.232 e. The molecule has 1 aliphatic rings. The number of oxazole rings is 1. The minimum Gasteiger partial charge on any atom is -0.497 e. The monoisotopic (exact) mass is 442 g/mol. The van der Waals surface area contributed by atoms with E-state index in [4.69, 9.17) is 18.6 Å². The first-order chi connectivity index (χ1) is 15.0. The first-order valence-corrected chi connectivity index (χ1v) is 11.1. The lowest BCUT2D eigenvalue weighted by Gasteiger charge is -2.06. The number of carbonyl (C=O) groups excluding carboxylic acids is 1. The van der Waals surface area contributed by atoms with Crippen LogP contribution >= 0.6 is 0 Å². The molecule has 0 unspecified atom stereocenters. The lowest BCUT2D eigenvalue weighted by Crippen LogP contribution is -2.28. The van der Waals surface area contributed by atoms with E-state index in [0.717, 1.165) is 16.9 Å². The number of aryl methyl sites for hydroxylation is 1. The molecule has 2 heterocycles. The third-order valence-corrected chi connectivity index (χ3v) is 5.93. The molecule has 2 aromatic carbocycles. The minimum absolute atomic E-state index is 0.116. The van der Waals surface area contributed by atoms with Gasteiger partial charge >= 0.3 is 0 Å². The topological polar surface area (TPSA) is 99.9 Å². The van der Waals surface area contributed by atoms with Crippen LogP contribution in [0.1, 0.15) is 17.0 Å². The van der Waals surface area contributed by atoms with Crippen molar-refractivity contribution >= 4 is 16.7 Å². The van der Waals surface area contributed by atoms with Crippen LogP contribution < -0.4 is 19.5 Å². The average molecular weight is 442 g/mol. The number of ether oxygens (including phenoxy) is 3. The van der Waals surface area contributed by atoms with Crippen molar-refractivity contribution in [2.45, 2.75) is 19.2 Å². The smallest absolute Gasteiger partial charge is 0.232 e. The zero-order valence-electron chi connectivity index (χ0n) is 17.2. The Morgan fingerprint density at radius 3 is 2.71 bits per heavy atom. The fourth-order valence-corrected chi connectivity index (χ4v) is 4.14. The van der Waals surface area contributed by atoms with Crippen LogP contribution in [-0.4, -0.2) is 34.8 Å². The predicted molar refractivity (Wildman–Crippen MR) is 114 cm³/mol. The van der Waals surface area contributed by atoms with Gasteiger partial charge in [-0.1, -0.05) is 6.07 Å². The van der Waals surface area contributed by atoms with E-state index in [1.807, 2.05) is 36.4 Å². The molecule has 162 valence electrons. The van der Waals surface area contributed by atoms with Gasteiger partial charge in [0.2, 0.25) is 18.6 Å². The standard InChI is InChI=1S/C22H22N2O6S/c1-14-18(24-22(30-14)16-4-6-17(27-2)7-5-16)11-31(26)12-21(25)23-10-15-3-8-19-20(9-15)29-13-28-19/h3-9H,10-13H2,1-2H3,(H,23,25)/t31-/m1/s1. The molecule has 1 aliphatic heterocycles. The highest BCUT2D eigenvalue weighted by molar-refractivity contribution is 7.84. The quantitative estimate of drug-likeness (QED) is 0.572. The number of nitrogens with zero attached hydrogens (tertiary/aromatic N) is 1. The number of nitrogens with one attached hydrogen (secondary N) is 1. The van der Waals surface area contributed by atoms with Crippen molar-refractivity contribution < 1.29 is 27.6 Å². The summed E-state index contributed by atoms with van der Waals surface area (Å²) in [5.41, 5.74) is 2.25. The summed E-state index contributed by atoms with van der Waals surface area (Å²) in [4.78, 5) is 16.7. The average Bonchev–Trinajstić information content (AvgIpc) is 3.38. The molecule has 0 saturated heterocycles. The van der Waals surface area contributed by atoms with Gasteiger partial charge in [-0.15, -0.1) is 0 Å². The predicted octanol–water partition coefficient (Wildman–Crippen LogP) is 2.95. The van der Waals surface area contributed by atoms with Crippen LogP contribution in [0.25, 0.3) is 11.5 Å². The van der Waals surface area contributed by atoms with Crippen molar-refractivity contribution in [1.29, 1.82) is 0 Å². The van der Waals surface area contributed by atoms with Crippen molar-refractivity contribution in [1.82, 2.24) is 10.3 Å². The highest BCUT2D eigenvalue weighted by Gasteiger charge is 2.17. The van der Waals surface area contributed by atoms with Gasteiger partial charge in [0, 0.05) is 22.9 Å². The number of aromatic nitrogens is 1. The number of amides is 1. The Morgan fingerprint density at radius 2 is 1.94 bits per heavy atom. The fraction of sp³-hybridized carbons (Fsp3) is 0.273. The van der Waals surface area contributed by atoms with Gasteiger partial charge in [0.15, 0.2) is 11.5 Å². The van der Waals surface area contributed by atoms with Gasteiger partial charge in [0.1, 0.15) is 17.3 Å². The molecular weight excluding hydrogens is 420 g/mol. The second-order valence-corrected chi connectivity index (χ2v) is 8.40. The van der Waals surface area contributed by atoms with Crippen LogP contribution in [-0.2, 0) is 27.9 Å². The molecule has 8 nitrogen and oxygen atoms in total. The molecule has 4 rings (SSSR count). The normalized spacial score (nSPS) is 13.1. The summed E-state index contributed by atoms with van der Waals surface area (Å²) in [6.45, 7) is 2.29. The van der Waals surface area contributed by atoms with Crippen molar-refractivity contribution in [3.8, 4) is 28.7 Å². The summed E-state index contributed by atoms with van der Waals surface area (Å²) in [6, 6.07) is 12.8. The number of fused-ring (bicyclic) bond motifs is 1. The van der Waals surface area contributed by atoms with Gasteiger partial charge in [0.05, 0.1) is 18.6 Å². The Kier molecular flexibility index (Phi) is 6.22. The number of methoxy groups -OCH3 is 1. The van der Waals surface area contributed by atoms with Crippen LogP contribution in [0.15, 0.2) is 46.9 Å². The maximum absolute atomic E-state index is 12.5. The summed E-state index contributed by atoms with van der Waals surface area (Å²) < 4.78 is 33.9. The van der Waals surface area contributed by atoms with Gasteiger partial charge in [-0.2, -0.15) is 0 Å². The number of benzene rings is 2. The molecule has 31 heavy (non-hydrogen) atoms. The fourth-order valence-electron chi connectivity index (χ4n) is 3.07. The van der Waals surface area contributed by atoms with E-state index in [1.165, 1.54) is 0 Å². The third-order valence-electron chi connectivity index (χ3n) is 4.75. The Balaban J connectivity index is 1.31. The molecule has 1 atom stereocenters. The summed E-state index contributed by atoms with van der Waals surface area (Å²) in [7, 11) is 0.184. The third kappa shape index (κ3) is 5.05. The molecule has 1 amide bonds. The van der Waals surface area contributed by atoms with Crippen LogP contribution in [0.4, 0.5) is 0 Å². The largest absolute Gasteiger partial charge is 0.497 e. The molecule has 0 aliphatic carbocycles. The molecular formula is C22H22N2O6S. The van der Waals surface area contributed by atoms with E-state index in [1.54, 1.807) is 20.1 Å². The van der Waals surface area contributed by atoms with Gasteiger partial charge in [-0.25, -0.2) is 4.98 Å². The molecule has 0 spiro atoms. The summed E-state index contributed by atoms with van der Waals surface area (Å²) in [5.74, 6) is 2.84. The van der Waals surface area contributed by atoms with Crippen molar-refractivity contribution in [3.05, 3.63) is 59.5 Å². The number of hydrogen-bond donors (Lipinski definition) is 1. The highest BCUT2D eigenvalue weighted by Crippen LogP contribution is 2.32. The van der Waals surface area contributed by atoms with Crippen LogP contribution in [0.5, 0.6) is 17.2 Å². The zero-order chi connectivity index (χ0) is 21.8. The first kappa shape index (κ1) is 20.9. The molecule has 0 radical (unpaired) electrons. The minimum atomic E-state index is -1.42. The summed E-state index contributed by atoms with van der Waals surface area (Å²) in [5, 5.41) is 2.78. The lowest BCUT2D eigenvalue weighted by molar-refractivity contribution is -0.118. The SMILES string of the molecule is COc1ccc(-c2nc(C[S@@](=O)CC(=O)NCc3ccc4c(c3)OCO4)c(C)o2)cc1. The Morgan fingerprint density at radius 1 is 1.16 bits per heavy atom. The molecule has 1 aromatic heterocycles. The van der Waals surface area contributed by atoms with Gasteiger partial charge in [-0.3, -0.25) is 9.00 Å². The molecule has 3 aromatic rings. The molecule has 0 saturated carbocycles. The molecule has 1 N–H and O–H groups in total. The van der Waals surface area contributed by atoms with E-state index in [-0.39, 0.29) is 24.2 Å². The Hall–Kier alpha value is -3.33. The van der Waals surface area contributed by atoms with Gasteiger partial charge in [0.25, 0.3) is 0 Å². The van der Waals surface area contributed by atoms with E-state index in [9.17, 15) is 9.00 Å². The highest BCUT2D eigenvalue weighted by atomic mass is 32.2. The number of hydrogen-bond acceptors (Lipinski definition) is 7.